The van der Waals surface area contributed by atoms with E-state index in [0.717, 1.165) is 19.3 Å². The van der Waals surface area contributed by atoms with Crippen molar-refractivity contribution in [1.29, 1.82) is 0 Å². The van der Waals surface area contributed by atoms with E-state index in [-0.39, 0.29) is 17.8 Å². The number of anilines is 1. The van der Waals surface area contributed by atoms with Crippen molar-refractivity contribution < 1.29 is 14.3 Å². The van der Waals surface area contributed by atoms with Gasteiger partial charge >= 0.3 is 5.97 Å². The highest BCUT2D eigenvalue weighted by atomic mass is 16.5. The Labute approximate surface area is 131 Å². The Bertz CT molecular complexity index is 548. The first-order chi connectivity index (χ1) is 10.6. The fourth-order valence-corrected chi connectivity index (χ4v) is 2.40. The molecule has 0 aliphatic heterocycles. The molecule has 118 valence electrons. The molecule has 1 N–H and O–H groups in total. The Morgan fingerprint density at radius 3 is 2.59 bits per heavy atom. The second kappa shape index (κ2) is 7.78. The number of ether oxygens (including phenoxy) is 1. The zero-order chi connectivity index (χ0) is 15.9. The third-order valence-corrected chi connectivity index (χ3v) is 3.89. The second-order valence-electron chi connectivity index (χ2n) is 5.60. The Balaban J connectivity index is 1.85. The molecule has 0 aromatic heterocycles. The normalized spacial score (nSPS) is 18.5. The van der Waals surface area contributed by atoms with Crippen LogP contribution in [0.3, 0.4) is 0 Å². The van der Waals surface area contributed by atoms with Crippen LogP contribution < -0.4 is 5.32 Å². The van der Waals surface area contributed by atoms with Crippen molar-refractivity contribution in [2.24, 2.45) is 5.92 Å². The second-order valence-corrected chi connectivity index (χ2v) is 5.60. The van der Waals surface area contributed by atoms with Gasteiger partial charge in [-0.3, -0.25) is 9.59 Å². The van der Waals surface area contributed by atoms with E-state index in [2.05, 4.69) is 18.3 Å². The van der Waals surface area contributed by atoms with E-state index in [0.29, 0.717) is 12.1 Å². The Hall–Kier alpha value is -2.10. The molecule has 1 aromatic carbocycles. The molecule has 0 unspecified atom stereocenters. The number of esters is 1. The molecule has 0 fully saturated rings. The van der Waals surface area contributed by atoms with Crippen molar-refractivity contribution in [3.05, 3.63) is 42.0 Å². The third-order valence-electron chi connectivity index (χ3n) is 3.89. The molecule has 0 spiro atoms. The fourth-order valence-electron chi connectivity index (χ4n) is 2.40. The summed E-state index contributed by atoms with van der Waals surface area (Å²) >= 11 is 0. The van der Waals surface area contributed by atoms with E-state index < -0.39 is 6.10 Å². The number of allylic oxidation sites excluding steroid dienone is 2. The molecule has 22 heavy (non-hydrogen) atoms. The first-order valence-corrected chi connectivity index (χ1v) is 7.85. The minimum atomic E-state index is -0.788. The number of carbonyl (C=O) groups is 2. The quantitative estimate of drug-likeness (QED) is 0.669. The van der Waals surface area contributed by atoms with E-state index in [1.54, 1.807) is 6.92 Å². The van der Waals surface area contributed by atoms with E-state index in [1.165, 1.54) is 5.56 Å². The zero-order valence-corrected chi connectivity index (χ0v) is 13.2. The molecule has 0 bridgehead atoms. The van der Waals surface area contributed by atoms with Crippen molar-refractivity contribution >= 4 is 17.6 Å². The van der Waals surface area contributed by atoms with Crippen LogP contribution in [0, 0.1) is 5.92 Å². The number of rotatable bonds is 5. The number of amides is 1. The maximum Gasteiger partial charge on any atom is 0.310 e. The number of hydrogen-bond acceptors (Lipinski definition) is 3. The fraction of sp³-hybridized carbons (Fsp3) is 0.444. The molecule has 1 aliphatic carbocycles. The Morgan fingerprint density at radius 1 is 1.27 bits per heavy atom. The molecular formula is C18H23NO3. The number of nitrogens with one attached hydrogen (secondary N) is 1. The van der Waals surface area contributed by atoms with E-state index in [1.807, 2.05) is 30.3 Å². The lowest BCUT2D eigenvalue weighted by Crippen LogP contribution is -2.32. The van der Waals surface area contributed by atoms with Crippen LogP contribution in [0.2, 0.25) is 0 Å². The summed E-state index contributed by atoms with van der Waals surface area (Å²) < 4.78 is 5.28. The minimum absolute atomic E-state index is 0.121. The Morgan fingerprint density at radius 2 is 2.00 bits per heavy atom. The highest BCUT2D eigenvalue weighted by molar-refractivity contribution is 5.95. The summed E-state index contributed by atoms with van der Waals surface area (Å²) in [6.45, 7) is 3.68. The molecule has 4 heteroatoms. The number of aryl methyl sites for hydroxylation is 1. The van der Waals surface area contributed by atoms with Crippen LogP contribution in [-0.2, 0) is 20.7 Å². The van der Waals surface area contributed by atoms with Crippen molar-refractivity contribution in [1.82, 2.24) is 0 Å². The van der Waals surface area contributed by atoms with Crippen LogP contribution in [0.25, 0.3) is 0 Å². The van der Waals surface area contributed by atoms with Crippen molar-refractivity contribution in [3.8, 4) is 0 Å². The number of hydrogen-bond donors (Lipinski definition) is 1. The average Bonchev–Trinajstić information content (AvgIpc) is 2.56. The maximum atomic E-state index is 12.1. The molecule has 4 nitrogen and oxygen atoms in total. The van der Waals surface area contributed by atoms with Gasteiger partial charge in [0.05, 0.1) is 5.92 Å². The topological polar surface area (TPSA) is 55.4 Å². The van der Waals surface area contributed by atoms with Gasteiger partial charge in [-0.15, -0.1) is 0 Å². The van der Waals surface area contributed by atoms with Gasteiger partial charge in [-0.25, -0.2) is 0 Å². The van der Waals surface area contributed by atoms with Crippen molar-refractivity contribution in [2.75, 3.05) is 5.32 Å². The minimum Gasteiger partial charge on any atom is -0.452 e. The number of benzene rings is 1. The summed E-state index contributed by atoms with van der Waals surface area (Å²) in [6, 6.07) is 7.66. The molecule has 1 amide bonds. The van der Waals surface area contributed by atoms with Crippen LogP contribution >= 0.6 is 0 Å². The van der Waals surface area contributed by atoms with E-state index in [4.69, 9.17) is 4.74 Å². The summed E-state index contributed by atoms with van der Waals surface area (Å²) in [5, 5.41) is 2.77. The molecule has 1 aromatic rings. The molecular weight excluding hydrogens is 278 g/mol. The van der Waals surface area contributed by atoms with Gasteiger partial charge in [0, 0.05) is 5.69 Å². The number of carbonyl (C=O) groups excluding carboxylic acids is 2. The van der Waals surface area contributed by atoms with Crippen LogP contribution in [0.1, 0.15) is 38.7 Å². The van der Waals surface area contributed by atoms with Crippen LogP contribution in [0.15, 0.2) is 36.4 Å². The standard InChI is InChI=1S/C18H23NO3/c1-3-14-9-11-16(12-10-14)19-17(20)13(2)22-18(21)15-7-5-4-6-8-15/h4-5,9-13,15H,3,6-8H2,1-2H3,(H,19,20)/t13-,15-/m1/s1. The zero-order valence-electron chi connectivity index (χ0n) is 13.2. The predicted molar refractivity (Wildman–Crippen MR) is 86.5 cm³/mol. The van der Waals surface area contributed by atoms with Crippen LogP contribution in [-0.4, -0.2) is 18.0 Å². The van der Waals surface area contributed by atoms with Gasteiger partial charge in [-0.05, 0) is 50.3 Å². The van der Waals surface area contributed by atoms with Gasteiger partial charge < -0.3 is 10.1 Å². The molecule has 0 radical (unpaired) electrons. The van der Waals surface area contributed by atoms with Crippen molar-refractivity contribution in [3.63, 3.8) is 0 Å². The Kier molecular flexibility index (Phi) is 5.75. The van der Waals surface area contributed by atoms with Gasteiger partial charge in [0.15, 0.2) is 6.10 Å². The molecule has 0 saturated carbocycles. The molecule has 0 heterocycles. The van der Waals surface area contributed by atoms with E-state index >= 15 is 0 Å². The largest absolute Gasteiger partial charge is 0.452 e. The predicted octanol–water partition coefficient (Wildman–Crippen LogP) is 3.48. The van der Waals surface area contributed by atoms with Gasteiger partial charge in [0.1, 0.15) is 0 Å². The molecule has 0 saturated heterocycles. The van der Waals surface area contributed by atoms with Crippen LogP contribution in [0.4, 0.5) is 5.69 Å². The van der Waals surface area contributed by atoms with Gasteiger partial charge in [-0.1, -0.05) is 31.2 Å². The van der Waals surface area contributed by atoms with Crippen molar-refractivity contribution in [2.45, 2.75) is 45.6 Å². The molecule has 2 rings (SSSR count). The molecule has 2 atom stereocenters. The smallest absolute Gasteiger partial charge is 0.310 e. The molecule has 1 aliphatic rings. The summed E-state index contributed by atoms with van der Waals surface area (Å²) in [5.74, 6) is -0.707. The SMILES string of the molecule is CCc1ccc(NC(=O)[C@@H](C)OC(=O)[C@@H]2CC=CCC2)cc1. The lowest BCUT2D eigenvalue weighted by molar-refractivity contribution is -0.157. The monoisotopic (exact) mass is 301 g/mol. The lowest BCUT2D eigenvalue weighted by Gasteiger charge is -2.19. The first kappa shape index (κ1) is 16.3. The maximum absolute atomic E-state index is 12.1. The summed E-state index contributed by atoms with van der Waals surface area (Å²) in [5.41, 5.74) is 1.92. The highest BCUT2D eigenvalue weighted by Gasteiger charge is 2.24. The highest BCUT2D eigenvalue weighted by Crippen LogP contribution is 2.20. The first-order valence-electron chi connectivity index (χ1n) is 7.85. The van der Waals surface area contributed by atoms with Gasteiger partial charge in [-0.2, -0.15) is 0 Å². The van der Waals surface area contributed by atoms with Gasteiger partial charge in [0.2, 0.25) is 0 Å². The van der Waals surface area contributed by atoms with Gasteiger partial charge in [0.25, 0.3) is 5.91 Å². The summed E-state index contributed by atoms with van der Waals surface area (Å²) in [7, 11) is 0. The third kappa shape index (κ3) is 4.45. The lowest BCUT2D eigenvalue weighted by atomic mass is 9.95. The summed E-state index contributed by atoms with van der Waals surface area (Å²) in [4.78, 5) is 24.1. The van der Waals surface area contributed by atoms with E-state index in [9.17, 15) is 9.59 Å². The summed E-state index contributed by atoms with van der Waals surface area (Å²) in [6.07, 6.45) is 6.62. The van der Waals surface area contributed by atoms with Crippen LogP contribution in [0.5, 0.6) is 0 Å². The average molecular weight is 301 g/mol.